The molecule has 0 saturated carbocycles. The Morgan fingerprint density at radius 3 is 1.92 bits per heavy atom. The summed E-state index contributed by atoms with van der Waals surface area (Å²) < 4.78 is 0. The van der Waals surface area contributed by atoms with Crippen molar-refractivity contribution in [3.8, 4) is 0 Å². The molecule has 0 aromatic carbocycles. The van der Waals surface area contributed by atoms with E-state index in [0.29, 0.717) is 11.7 Å². The van der Waals surface area contributed by atoms with Crippen LogP contribution in [0.15, 0.2) is 0 Å². The van der Waals surface area contributed by atoms with Gasteiger partial charge in [0, 0.05) is 5.92 Å². The van der Waals surface area contributed by atoms with Crippen molar-refractivity contribution in [3.05, 3.63) is 0 Å². The van der Waals surface area contributed by atoms with Gasteiger partial charge in [0.2, 0.25) is 0 Å². The van der Waals surface area contributed by atoms with Crippen molar-refractivity contribution < 1.29 is 4.79 Å². The highest BCUT2D eigenvalue weighted by atomic mass is 16.1. The van der Waals surface area contributed by atoms with Gasteiger partial charge in [-0.3, -0.25) is 4.79 Å². The van der Waals surface area contributed by atoms with Crippen molar-refractivity contribution in [1.29, 1.82) is 0 Å². The number of carbonyl (C=O) groups excluding carboxylic acids is 1. The highest BCUT2D eigenvalue weighted by molar-refractivity contribution is 5.77. The molecule has 0 aliphatic heterocycles. The molecule has 0 spiro atoms. The lowest BCUT2D eigenvalue weighted by molar-refractivity contribution is -0.120. The molecule has 2 unspecified atom stereocenters. The molecular weight excluding hydrogens is 148 g/mol. The van der Waals surface area contributed by atoms with Crippen LogP contribution < -0.4 is 0 Å². The third-order valence-electron chi connectivity index (χ3n) is 2.15. The van der Waals surface area contributed by atoms with E-state index in [1.54, 1.807) is 6.92 Å². The van der Waals surface area contributed by atoms with Crippen molar-refractivity contribution >= 4 is 5.78 Å². The lowest BCUT2D eigenvalue weighted by Crippen LogP contribution is -2.10. The molecule has 74 valence electrons. The van der Waals surface area contributed by atoms with E-state index in [0.717, 1.165) is 6.42 Å². The van der Waals surface area contributed by atoms with Crippen molar-refractivity contribution in [3.63, 3.8) is 0 Å². The van der Waals surface area contributed by atoms with Crippen LogP contribution in [-0.4, -0.2) is 5.78 Å². The maximum atomic E-state index is 10.8. The minimum absolute atomic E-state index is 0.259. The quantitative estimate of drug-likeness (QED) is 0.632. The van der Waals surface area contributed by atoms with E-state index in [1.807, 2.05) is 20.8 Å². The number of ketones is 1. The fourth-order valence-electron chi connectivity index (χ4n) is 0.936. The summed E-state index contributed by atoms with van der Waals surface area (Å²) in [6.07, 6.45) is 2.23. The van der Waals surface area contributed by atoms with Gasteiger partial charge in [-0.1, -0.05) is 41.0 Å². The van der Waals surface area contributed by atoms with Crippen molar-refractivity contribution in [2.45, 2.75) is 54.4 Å². The zero-order valence-electron chi connectivity index (χ0n) is 9.48. The molecule has 2 atom stereocenters. The van der Waals surface area contributed by atoms with Gasteiger partial charge in [-0.05, 0) is 19.3 Å². The van der Waals surface area contributed by atoms with E-state index in [4.69, 9.17) is 0 Å². The Morgan fingerprint density at radius 2 is 1.67 bits per heavy atom. The van der Waals surface area contributed by atoms with E-state index >= 15 is 0 Å². The summed E-state index contributed by atoms with van der Waals surface area (Å²) in [5, 5.41) is 0. The predicted molar refractivity (Wildman–Crippen MR) is 55.3 cm³/mol. The Balaban J connectivity index is 0. The van der Waals surface area contributed by atoms with Crippen LogP contribution in [0.1, 0.15) is 54.4 Å². The minimum Gasteiger partial charge on any atom is -0.300 e. The van der Waals surface area contributed by atoms with E-state index in [9.17, 15) is 4.79 Å². The standard InChI is InChI=1S/C9H18O.C2H6/c1-5-7(2)6-8(3)9(4)10;1-2/h7-8H,5-6H2,1-4H3;1-2H3. The molecule has 0 aliphatic carbocycles. The van der Waals surface area contributed by atoms with Crippen LogP contribution in [0, 0.1) is 11.8 Å². The topological polar surface area (TPSA) is 17.1 Å². The Morgan fingerprint density at radius 1 is 1.25 bits per heavy atom. The number of Topliss-reactive ketones (excluding diaryl/α,β-unsaturated/α-hetero) is 1. The Bertz CT molecular complexity index is 108. The molecular formula is C11H24O. The van der Waals surface area contributed by atoms with Crippen LogP contribution in [0.5, 0.6) is 0 Å². The molecule has 1 nitrogen and oxygen atoms in total. The van der Waals surface area contributed by atoms with Gasteiger partial charge in [0.1, 0.15) is 5.78 Å². The van der Waals surface area contributed by atoms with Gasteiger partial charge in [0.05, 0.1) is 0 Å². The largest absolute Gasteiger partial charge is 0.300 e. The summed E-state index contributed by atoms with van der Waals surface area (Å²) in [5.41, 5.74) is 0. The second kappa shape index (κ2) is 8.76. The second-order valence-corrected chi connectivity index (χ2v) is 3.26. The average Bonchev–Trinajstić information content (AvgIpc) is 2.07. The molecule has 1 heteroatoms. The number of rotatable bonds is 4. The summed E-state index contributed by atoms with van der Waals surface area (Å²) in [6, 6.07) is 0. The lowest BCUT2D eigenvalue weighted by Gasteiger charge is -2.11. The van der Waals surface area contributed by atoms with Crippen LogP contribution in [-0.2, 0) is 4.79 Å². The van der Waals surface area contributed by atoms with Gasteiger partial charge in [0.25, 0.3) is 0 Å². The molecule has 0 heterocycles. The molecule has 0 aromatic heterocycles. The number of hydrogen-bond acceptors (Lipinski definition) is 1. The molecule has 0 N–H and O–H groups in total. The lowest BCUT2D eigenvalue weighted by atomic mass is 9.93. The molecule has 0 saturated heterocycles. The molecule has 0 rings (SSSR count). The molecule has 0 aliphatic rings. The molecule has 0 bridgehead atoms. The second-order valence-electron chi connectivity index (χ2n) is 3.26. The molecule has 0 amide bonds. The van der Waals surface area contributed by atoms with Crippen LogP contribution in [0.25, 0.3) is 0 Å². The summed E-state index contributed by atoms with van der Waals surface area (Å²) in [7, 11) is 0. The molecule has 12 heavy (non-hydrogen) atoms. The first-order valence-electron chi connectivity index (χ1n) is 5.08. The fourth-order valence-corrected chi connectivity index (χ4v) is 0.936. The summed E-state index contributed by atoms with van der Waals surface area (Å²) in [5.74, 6) is 1.27. The highest BCUT2D eigenvalue weighted by Crippen LogP contribution is 2.14. The molecule has 0 aromatic rings. The first-order valence-corrected chi connectivity index (χ1v) is 5.08. The monoisotopic (exact) mass is 172 g/mol. The molecule has 0 radical (unpaired) electrons. The van der Waals surface area contributed by atoms with E-state index < -0.39 is 0 Å². The Hall–Kier alpha value is -0.330. The van der Waals surface area contributed by atoms with Gasteiger partial charge in [-0.25, -0.2) is 0 Å². The van der Waals surface area contributed by atoms with Crippen molar-refractivity contribution in [2.24, 2.45) is 11.8 Å². The average molecular weight is 172 g/mol. The normalized spacial score (nSPS) is 14.2. The SMILES string of the molecule is CC.CCC(C)CC(C)C(C)=O. The van der Waals surface area contributed by atoms with Crippen molar-refractivity contribution in [1.82, 2.24) is 0 Å². The van der Waals surface area contributed by atoms with Gasteiger partial charge in [0.15, 0.2) is 0 Å². The van der Waals surface area contributed by atoms with E-state index in [-0.39, 0.29) is 5.92 Å². The maximum absolute atomic E-state index is 10.8. The number of hydrogen-bond donors (Lipinski definition) is 0. The Kier molecular flexibility index (Phi) is 10.4. The first kappa shape index (κ1) is 14.2. The smallest absolute Gasteiger partial charge is 0.132 e. The molecule has 0 fully saturated rings. The van der Waals surface area contributed by atoms with Crippen molar-refractivity contribution in [2.75, 3.05) is 0 Å². The van der Waals surface area contributed by atoms with E-state index in [2.05, 4.69) is 13.8 Å². The summed E-state index contributed by atoms with van der Waals surface area (Å²) in [4.78, 5) is 10.8. The highest BCUT2D eigenvalue weighted by Gasteiger charge is 2.10. The third kappa shape index (κ3) is 7.77. The van der Waals surface area contributed by atoms with Crippen LogP contribution in [0.2, 0.25) is 0 Å². The van der Waals surface area contributed by atoms with Gasteiger partial charge in [-0.2, -0.15) is 0 Å². The fraction of sp³-hybridized carbons (Fsp3) is 0.909. The van der Waals surface area contributed by atoms with Crippen LogP contribution >= 0.6 is 0 Å². The first-order chi connectivity index (χ1) is 5.57. The minimum atomic E-state index is 0.259. The van der Waals surface area contributed by atoms with Crippen LogP contribution in [0.4, 0.5) is 0 Å². The zero-order valence-corrected chi connectivity index (χ0v) is 9.48. The Labute approximate surface area is 77.6 Å². The van der Waals surface area contributed by atoms with Crippen LogP contribution in [0.3, 0.4) is 0 Å². The third-order valence-corrected chi connectivity index (χ3v) is 2.15. The summed E-state index contributed by atoms with van der Waals surface area (Å²) in [6.45, 7) is 12.0. The predicted octanol–water partition coefficient (Wildman–Crippen LogP) is 3.67. The maximum Gasteiger partial charge on any atom is 0.132 e. The summed E-state index contributed by atoms with van der Waals surface area (Å²) >= 11 is 0. The van der Waals surface area contributed by atoms with Gasteiger partial charge >= 0.3 is 0 Å². The van der Waals surface area contributed by atoms with Gasteiger partial charge in [-0.15, -0.1) is 0 Å². The van der Waals surface area contributed by atoms with E-state index in [1.165, 1.54) is 6.42 Å². The zero-order chi connectivity index (χ0) is 10.1. The number of carbonyl (C=O) groups is 1. The van der Waals surface area contributed by atoms with Gasteiger partial charge < -0.3 is 0 Å².